The van der Waals surface area contributed by atoms with E-state index in [0.29, 0.717) is 17.9 Å². The Morgan fingerprint density at radius 3 is 2.04 bits per heavy atom. The normalized spacial score (nSPS) is 24.1. The molecule has 2 bridgehead atoms. The van der Waals surface area contributed by atoms with Crippen LogP contribution in [0.2, 0.25) is 0 Å². The van der Waals surface area contributed by atoms with E-state index in [4.69, 9.17) is 9.90 Å². The number of halogens is 3. The summed E-state index contributed by atoms with van der Waals surface area (Å²) in [7, 11) is 0. The maximum Gasteiger partial charge on any atom is 0.490 e. The van der Waals surface area contributed by atoms with Crippen LogP contribution in [-0.4, -0.2) is 53.7 Å². The number of hydrogen-bond acceptors (Lipinski definition) is 3. The number of nitrogens with zero attached hydrogens (tertiary/aromatic N) is 1. The molecule has 3 aliphatic heterocycles. The van der Waals surface area contributed by atoms with E-state index in [1.165, 1.54) is 31.5 Å². The first kappa shape index (κ1) is 21.2. The number of amides is 1. The summed E-state index contributed by atoms with van der Waals surface area (Å²) in [6.45, 7) is 7.78. The SMILES string of the molecule is CC(C)c1ccc(C(=O)N[C@@H]2CN3CCC2CC3)cc1.O=C(O)C(F)(F)F. The minimum Gasteiger partial charge on any atom is -0.475 e. The maximum atomic E-state index is 12.3. The summed E-state index contributed by atoms with van der Waals surface area (Å²) in [6.07, 6.45) is -2.62. The van der Waals surface area contributed by atoms with E-state index in [1.807, 2.05) is 12.1 Å². The summed E-state index contributed by atoms with van der Waals surface area (Å²) in [5.41, 5.74) is 2.07. The molecule has 0 aliphatic carbocycles. The number of carboxylic acids is 1. The number of benzene rings is 1. The third kappa shape index (κ3) is 5.95. The second kappa shape index (κ2) is 8.73. The Morgan fingerprint density at radius 2 is 1.67 bits per heavy atom. The number of piperidine rings is 3. The highest BCUT2D eigenvalue weighted by atomic mass is 19.4. The second-order valence-electron chi connectivity index (χ2n) is 7.30. The molecule has 3 saturated heterocycles. The predicted molar refractivity (Wildman–Crippen MR) is 94.6 cm³/mol. The van der Waals surface area contributed by atoms with E-state index >= 15 is 0 Å². The molecule has 4 rings (SSSR count). The highest BCUT2D eigenvalue weighted by molar-refractivity contribution is 5.94. The Kier molecular flexibility index (Phi) is 6.86. The van der Waals surface area contributed by atoms with E-state index < -0.39 is 12.1 Å². The van der Waals surface area contributed by atoms with Gasteiger partial charge in [0.25, 0.3) is 5.91 Å². The van der Waals surface area contributed by atoms with Crippen LogP contribution in [0.15, 0.2) is 24.3 Å². The van der Waals surface area contributed by atoms with Gasteiger partial charge in [0.1, 0.15) is 0 Å². The molecule has 1 atom stereocenters. The van der Waals surface area contributed by atoms with Gasteiger partial charge in [0.05, 0.1) is 0 Å². The standard InChI is InChI=1S/C17H24N2O.C2HF3O2/c1-12(2)13-3-5-15(6-4-13)17(20)18-16-11-19-9-7-14(16)8-10-19;3-2(4,5)1(6)7/h3-6,12,14,16H,7-11H2,1-2H3,(H,18,20);(H,6,7)/t16-;/m1./s1. The van der Waals surface area contributed by atoms with Crippen molar-refractivity contribution in [2.24, 2.45) is 5.92 Å². The zero-order valence-electron chi connectivity index (χ0n) is 15.4. The van der Waals surface area contributed by atoms with Gasteiger partial charge in [0, 0.05) is 18.2 Å². The summed E-state index contributed by atoms with van der Waals surface area (Å²) in [6, 6.07) is 8.37. The number of carbonyl (C=O) groups excluding carboxylic acids is 1. The molecule has 3 fully saturated rings. The molecule has 0 unspecified atom stereocenters. The number of rotatable bonds is 3. The Hall–Kier alpha value is -2.09. The Balaban J connectivity index is 0.000000321. The van der Waals surface area contributed by atoms with Crippen LogP contribution in [0, 0.1) is 5.92 Å². The van der Waals surface area contributed by atoms with Crippen LogP contribution in [0.5, 0.6) is 0 Å². The van der Waals surface area contributed by atoms with E-state index in [2.05, 4.69) is 36.2 Å². The molecule has 0 saturated carbocycles. The number of alkyl halides is 3. The number of hydrogen-bond donors (Lipinski definition) is 2. The molecule has 27 heavy (non-hydrogen) atoms. The van der Waals surface area contributed by atoms with Gasteiger partial charge in [-0.1, -0.05) is 26.0 Å². The molecule has 2 N–H and O–H groups in total. The maximum absolute atomic E-state index is 12.3. The predicted octanol–water partition coefficient (Wildman–Crippen LogP) is 3.27. The van der Waals surface area contributed by atoms with Crippen LogP contribution < -0.4 is 5.32 Å². The van der Waals surface area contributed by atoms with E-state index in [0.717, 1.165) is 12.1 Å². The lowest BCUT2D eigenvalue weighted by molar-refractivity contribution is -0.192. The molecule has 8 heteroatoms. The molecule has 1 aromatic carbocycles. The van der Waals surface area contributed by atoms with Gasteiger partial charge in [-0.15, -0.1) is 0 Å². The van der Waals surface area contributed by atoms with Crippen LogP contribution in [-0.2, 0) is 4.79 Å². The molecule has 3 aliphatic rings. The Bertz CT molecular complexity index is 651. The van der Waals surface area contributed by atoms with Crippen molar-refractivity contribution in [3.05, 3.63) is 35.4 Å². The molecule has 5 nitrogen and oxygen atoms in total. The number of carbonyl (C=O) groups is 2. The molecule has 1 amide bonds. The van der Waals surface area contributed by atoms with Crippen molar-refractivity contribution in [3.63, 3.8) is 0 Å². The topological polar surface area (TPSA) is 69.6 Å². The quantitative estimate of drug-likeness (QED) is 0.837. The number of nitrogens with one attached hydrogen (secondary N) is 1. The fraction of sp³-hybridized carbons (Fsp3) is 0.579. The average molecular weight is 386 g/mol. The van der Waals surface area contributed by atoms with Crippen molar-refractivity contribution in [2.45, 2.75) is 44.8 Å². The number of fused-ring (bicyclic) bond motifs is 3. The number of aliphatic carboxylic acids is 1. The smallest absolute Gasteiger partial charge is 0.475 e. The van der Waals surface area contributed by atoms with Crippen LogP contribution >= 0.6 is 0 Å². The van der Waals surface area contributed by atoms with Gasteiger partial charge in [-0.05, 0) is 55.5 Å². The van der Waals surface area contributed by atoms with Crippen molar-refractivity contribution >= 4 is 11.9 Å². The summed E-state index contributed by atoms with van der Waals surface area (Å²) < 4.78 is 31.7. The summed E-state index contributed by atoms with van der Waals surface area (Å²) in [4.78, 5) is 23.7. The largest absolute Gasteiger partial charge is 0.490 e. The minimum atomic E-state index is -5.08. The molecule has 3 heterocycles. The minimum absolute atomic E-state index is 0.0825. The van der Waals surface area contributed by atoms with Crippen molar-refractivity contribution in [3.8, 4) is 0 Å². The molecule has 0 spiro atoms. The number of carboxylic acid groups (broad SMARTS) is 1. The third-order valence-electron chi connectivity index (χ3n) is 5.05. The van der Waals surface area contributed by atoms with E-state index in [9.17, 15) is 18.0 Å². The van der Waals surface area contributed by atoms with Crippen LogP contribution in [0.25, 0.3) is 0 Å². The monoisotopic (exact) mass is 386 g/mol. The lowest BCUT2D eigenvalue weighted by Gasteiger charge is -2.44. The summed E-state index contributed by atoms with van der Waals surface area (Å²) in [5, 5.41) is 10.4. The molecule has 0 radical (unpaired) electrons. The molecule has 0 aromatic heterocycles. The van der Waals surface area contributed by atoms with Gasteiger partial charge < -0.3 is 15.3 Å². The highest BCUT2D eigenvalue weighted by Crippen LogP contribution is 2.27. The zero-order valence-corrected chi connectivity index (χ0v) is 15.4. The first-order chi connectivity index (χ1) is 12.6. The van der Waals surface area contributed by atoms with Gasteiger partial charge in [0.15, 0.2) is 0 Å². The van der Waals surface area contributed by atoms with E-state index in [1.54, 1.807) is 0 Å². The van der Waals surface area contributed by atoms with Gasteiger partial charge >= 0.3 is 12.1 Å². The first-order valence-electron chi connectivity index (χ1n) is 9.01. The summed E-state index contributed by atoms with van der Waals surface area (Å²) >= 11 is 0. The third-order valence-corrected chi connectivity index (χ3v) is 5.05. The lowest BCUT2D eigenvalue weighted by atomic mass is 9.84. The Labute approximate surface area is 156 Å². The van der Waals surface area contributed by atoms with Crippen molar-refractivity contribution < 1.29 is 27.9 Å². The van der Waals surface area contributed by atoms with Gasteiger partial charge in [-0.3, -0.25) is 4.79 Å². The molecule has 1 aromatic rings. The van der Waals surface area contributed by atoms with Crippen molar-refractivity contribution in [1.29, 1.82) is 0 Å². The molecular weight excluding hydrogens is 361 g/mol. The fourth-order valence-corrected chi connectivity index (χ4v) is 3.40. The first-order valence-corrected chi connectivity index (χ1v) is 9.01. The molecule has 150 valence electrons. The molecular formula is C19H25F3N2O3. The summed E-state index contributed by atoms with van der Waals surface area (Å²) in [5.74, 6) is -1.49. The Morgan fingerprint density at radius 1 is 1.15 bits per heavy atom. The highest BCUT2D eigenvalue weighted by Gasteiger charge is 2.38. The van der Waals surface area contributed by atoms with Gasteiger partial charge in [0.2, 0.25) is 0 Å². The lowest BCUT2D eigenvalue weighted by Crippen LogP contribution is -2.57. The fourth-order valence-electron chi connectivity index (χ4n) is 3.40. The van der Waals surface area contributed by atoms with Crippen LogP contribution in [0.4, 0.5) is 13.2 Å². The second-order valence-corrected chi connectivity index (χ2v) is 7.30. The van der Waals surface area contributed by atoms with Gasteiger partial charge in [-0.2, -0.15) is 13.2 Å². The van der Waals surface area contributed by atoms with Crippen LogP contribution in [0.1, 0.15) is 48.5 Å². The zero-order chi connectivity index (χ0) is 20.2. The van der Waals surface area contributed by atoms with Crippen LogP contribution in [0.3, 0.4) is 0 Å². The van der Waals surface area contributed by atoms with Crippen molar-refractivity contribution in [1.82, 2.24) is 10.2 Å². The average Bonchev–Trinajstić information content (AvgIpc) is 2.62. The van der Waals surface area contributed by atoms with E-state index in [-0.39, 0.29) is 5.91 Å². The van der Waals surface area contributed by atoms with Gasteiger partial charge in [-0.25, -0.2) is 4.79 Å². The van der Waals surface area contributed by atoms with Crippen molar-refractivity contribution in [2.75, 3.05) is 19.6 Å².